The molecule has 5 rings (SSSR count). The summed E-state index contributed by atoms with van der Waals surface area (Å²) < 4.78 is 0. The van der Waals surface area contributed by atoms with Crippen LogP contribution in [0.1, 0.15) is 36.9 Å². The van der Waals surface area contributed by atoms with Gasteiger partial charge in [0.05, 0.1) is 17.3 Å². The zero-order chi connectivity index (χ0) is 23.8. The Kier molecular flexibility index (Phi) is 5.67. The Morgan fingerprint density at radius 3 is 2.50 bits per heavy atom. The molecule has 2 heterocycles. The van der Waals surface area contributed by atoms with Crippen LogP contribution in [0.2, 0.25) is 5.02 Å². The van der Waals surface area contributed by atoms with Gasteiger partial charge in [-0.1, -0.05) is 67.1 Å². The first-order valence-corrected chi connectivity index (χ1v) is 11.4. The SMILES string of the molecule is CCC(=O)N1N=C(c2c(-c3ccc(Cl)cc3)c3ccccc3[nH]c2=O)CC1c1ccccc1O. The molecule has 1 amide bonds. The zero-order valence-electron chi connectivity index (χ0n) is 18.5. The second-order valence-electron chi connectivity index (χ2n) is 8.17. The van der Waals surface area contributed by atoms with Crippen molar-refractivity contribution in [3.05, 3.63) is 99.3 Å². The second kappa shape index (κ2) is 8.80. The van der Waals surface area contributed by atoms with Gasteiger partial charge in [0, 0.05) is 39.9 Å². The molecule has 3 aromatic carbocycles. The van der Waals surface area contributed by atoms with Crippen molar-refractivity contribution in [2.45, 2.75) is 25.8 Å². The fraction of sp³-hybridized carbons (Fsp3) is 0.148. The highest BCUT2D eigenvalue weighted by Gasteiger charge is 2.35. The largest absolute Gasteiger partial charge is 0.508 e. The second-order valence-corrected chi connectivity index (χ2v) is 8.61. The Morgan fingerprint density at radius 1 is 1.06 bits per heavy atom. The lowest BCUT2D eigenvalue weighted by molar-refractivity contribution is -0.132. The maximum Gasteiger partial charge on any atom is 0.258 e. The van der Waals surface area contributed by atoms with Gasteiger partial charge in [0.1, 0.15) is 5.75 Å². The number of pyridine rings is 1. The van der Waals surface area contributed by atoms with Crippen LogP contribution in [0.25, 0.3) is 22.0 Å². The first-order chi connectivity index (χ1) is 16.5. The third-order valence-corrected chi connectivity index (χ3v) is 6.36. The highest BCUT2D eigenvalue weighted by molar-refractivity contribution is 6.30. The fourth-order valence-electron chi connectivity index (χ4n) is 4.50. The summed E-state index contributed by atoms with van der Waals surface area (Å²) in [4.78, 5) is 29.2. The standard InChI is InChI=1S/C27H22ClN3O3/c1-2-24(33)31-22(19-8-4-6-10-23(19)32)15-21(30-31)26-25(16-11-13-17(28)14-12-16)18-7-3-5-9-20(18)29-27(26)34/h3-14,22,32H,2,15H2,1H3,(H,29,34). The molecule has 1 unspecified atom stereocenters. The third kappa shape index (κ3) is 3.76. The van der Waals surface area contributed by atoms with Gasteiger partial charge in [-0.25, -0.2) is 5.01 Å². The lowest BCUT2D eigenvalue weighted by Crippen LogP contribution is -2.26. The van der Waals surface area contributed by atoms with Crippen LogP contribution >= 0.6 is 11.6 Å². The summed E-state index contributed by atoms with van der Waals surface area (Å²) in [6.45, 7) is 1.76. The number of aromatic amines is 1. The van der Waals surface area contributed by atoms with E-state index in [1.165, 1.54) is 5.01 Å². The van der Waals surface area contributed by atoms with E-state index in [0.717, 1.165) is 16.5 Å². The molecule has 0 bridgehead atoms. The van der Waals surface area contributed by atoms with E-state index < -0.39 is 6.04 Å². The highest BCUT2D eigenvalue weighted by Crippen LogP contribution is 2.39. The summed E-state index contributed by atoms with van der Waals surface area (Å²) in [5.41, 5.74) is 3.47. The first kappa shape index (κ1) is 21.9. The molecular weight excluding hydrogens is 450 g/mol. The van der Waals surface area contributed by atoms with Crippen molar-refractivity contribution in [2.24, 2.45) is 5.10 Å². The van der Waals surface area contributed by atoms with Crippen LogP contribution in [0.4, 0.5) is 0 Å². The summed E-state index contributed by atoms with van der Waals surface area (Å²) in [5.74, 6) is -0.100. The number of hydrazone groups is 1. The average molecular weight is 472 g/mol. The topological polar surface area (TPSA) is 85.8 Å². The number of halogens is 1. The summed E-state index contributed by atoms with van der Waals surface area (Å²) in [6, 6.07) is 21.3. The number of nitrogens with zero attached hydrogens (tertiary/aromatic N) is 2. The number of nitrogens with one attached hydrogen (secondary N) is 1. The van der Waals surface area contributed by atoms with E-state index in [1.54, 1.807) is 37.3 Å². The zero-order valence-corrected chi connectivity index (χ0v) is 19.2. The molecule has 1 aromatic heterocycles. The van der Waals surface area contributed by atoms with Crippen LogP contribution in [-0.4, -0.2) is 26.7 Å². The predicted molar refractivity (Wildman–Crippen MR) is 134 cm³/mol. The molecule has 0 saturated heterocycles. The maximum atomic E-state index is 13.4. The number of rotatable bonds is 4. The third-order valence-electron chi connectivity index (χ3n) is 6.11. The molecule has 6 nitrogen and oxygen atoms in total. The molecule has 0 radical (unpaired) electrons. The van der Waals surface area contributed by atoms with Crippen molar-refractivity contribution in [3.63, 3.8) is 0 Å². The van der Waals surface area contributed by atoms with E-state index in [4.69, 9.17) is 11.6 Å². The predicted octanol–water partition coefficient (Wildman–Crippen LogP) is 5.64. The number of phenols is 1. The molecule has 170 valence electrons. The van der Waals surface area contributed by atoms with Gasteiger partial charge in [-0.05, 0) is 29.8 Å². The normalized spacial score (nSPS) is 15.5. The number of phenolic OH excluding ortho intramolecular Hbond substituents is 1. The Morgan fingerprint density at radius 2 is 1.76 bits per heavy atom. The molecular formula is C27H22ClN3O3. The number of para-hydroxylation sites is 2. The number of aromatic nitrogens is 1. The van der Waals surface area contributed by atoms with E-state index in [2.05, 4.69) is 10.1 Å². The van der Waals surface area contributed by atoms with E-state index >= 15 is 0 Å². The van der Waals surface area contributed by atoms with E-state index in [0.29, 0.717) is 33.8 Å². The molecule has 1 aliphatic heterocycles. The molecule has 1 atom stereocenters. The van der Waals surface area contributed by atoms with E-state index in [9.17, 15) is 14.7 Å². The number of fused-ring (bicyclic) bond motifs is 1. The number of carbonyl (C=O) groups excluding carboxylic acids is 1. The summed E-state index contributed by atoms with van der Waals surface area (Å²) in [7, 11) is 0. The Balaban J connectivity index is 1.74. The van der Waals surface area contributed by atoms with Crippen molar-refractivity contribution in [3.8, 4) is 16.9 Å². The molecule has 0 saturated carbocycles. The van der Waals surface area contributed by atoms with Crippen LogP contribution in [0, 0.1) is 0 Å². The van der Waals surface area contributed by atoms with Gasteiger partial charge < -0.3 is 10.1 Å². The van der Waals surface area contributed by atoms with Crippen molar-refractivity contribution < 1.29 is 9.90 Å². The highest BCUT2D eigenvalue weighted by atomic mass is 35.5. The minimum absolute atomic E-state index is 0.0863. The van der Waals surface area contributed by atoms with Crippen LogP contribution in [0.15, 0.2) is 82.7 Å². The summed E-state index contributed by atoms with van der Waals surface area (Å²) >= 11 is 6.13. The lowest BCUT2D eigenvalue weighted by atomic mass is 9.91. The van der Waals surface area contributed by atoms with Gasteiger partial charge >= 0.3 is 0 Å². The molecule has 7 heteroatoms. The minimum atomic E-state index is -0.507. The van der Waals surface area contributed by atoms with Crippen LogP contribution < -0.4 is 5.56 Å². The monoisotopic (exact) mass is 471 g/mol. The van der Waals surface area contributed by atoms with Crippen LogP contribution in [0.5, 0.6) is 5.75 Å². The minimum Gasteiger partial charge on any atom is -0.508 e. The van der Waals surface area contributed by atoms with Gasteiger partial charge in [0.25, 0.3) is 5.56 Å². The van der Waals surface area contributed by atoms with Gasteiger partial charge in [0.2, 0.25) is 5.91 Å². The Labute approximate surface area is 201 Å². The van der Waals surface area contributed by atoms with Gasteiger partial charge in [-0.15, -0.1) is 0 Å². The van der Waals surface area contributed by atoms with Crippen molar-refractivity contribution in [1.29, 1.82) is 0 Å². The van der Waals surface area contributed by atoms with Crippen molar-refractivity contribution in [1.82, 2.24) is 9.99 Å². The van der Waals surface area contributed by atoms with Gasteiger partial charge in [-0.2, -0.15) is 5.10 Å². The molecule has 0 fully saturated rings. The number of H-pyrrole nitrogens is 1. The number of amides is 1. The number of hydrogen-bond donors (Lipinski definition) is 2. The number of carbonyl (C=O) groups is 1. The van der Waals surface area contributed by atoms with E-state index in [-0.39, 0.29) is 23.6 Å². The Hall–Kier alpha value is -3.90. The molecule has 1 aliphatic rings. The number of benzene rings is 3. The molecule has 34 heavy (non-hydrogen) atoms. The summed E-state index contributed by atoms with van der Waals surface area (Å²) in [5, 5.41) is 18.0. The molecule has 2 N–H and O–H groups in total. The maximum absolute atomic E-state index is 13.4. The smallest absolute Gasteiger partial charge is 0.258 e. The number of aromatic hydroxyl groups is 1. The first-order valence-electron chi connectivity index (χ1n) is 11.1. The van der Waals surface area contributed by atoms with Crippen molar-refractivity contribution in [2.75, 3.05) is 0 Å². The molecule has 0 aliphatic carbocycles. The fourth-order valence-corrected chi connectivity index (χ4v) is 4.63. The summed E-state index contributed by atoms with van der Waals surface area (Å²) in [6.07, 6.45) is 0.546. The quantitative estimate of drug-likeness (QED) is 0.403. The number of hydrogen-bond acceptors (Lipinski definition) is 4. The molecule has 4 aromatic rings. The van der Waals surface area contributed by atoms with Crippen LogP contribution in [0.3, 0.4) is 0 Å². The van der Waals surface area contributed by atoms with Gasteiger partial charge in [0.15, 0.2) is 0 Å². The average Bonchev–Trinajstić information content (AvgIpc) is 3.28. The van der Waals surface area contributed by atoms with Crippen LogP contribution in [-0.2, 0) is 4.79 Å². The lowest BCUT2D eigenvalue weighted by Gasteiger charge is -2.22. The Bertz CT molecular complexity index is 1490. The molecule has 0 spiro atoms. The van der Waals surface area contributed by atoms with Crippen molar-refractivity contribution >= 4 is 34.1 Å². The van der Waals surface area contributed by atoms with Gasteiger partial charge in [-0.3, -0.25) is 9.59 Å². The van der Waals surface area contributed by atoms with E-state index in [1.807, 2.05) is 42.5 Å².